The highest BCUT2D eigenvalue weighted by molar-refractivity contribution is 7.99. The van der Waals surface area contributed by atoms with Gasteiger partial charge in [-0.25, -0.2) is 9.97 Å². The number of nitrogens with zero attached hydrogens (tertiary/aromatic N) is 2. The summed E-state index contributed by atoms with van der Waals surface area (Å²) in [6, 6.07) is 12.2. The van der Waals surface area contributed by atoms with Gasteiger partial charge < -0.3 is 15.8 Å². The molecule has 5 rings (SSSR count). The highest BCUT2D eigenvalue weighted by atomic mass is 32.2. The maximum absolute atomic E-state index is 13.7. The third-order valence-corrected chi connectivity index (χ3v) is 7.40. The van der Waals surface area contributed by atoms with Gasteiger partial charge in [-0.1, -0.05) is 12.1 Å². The zero-order valence-corrected chi connectivity index (χ0v) is 18.7. The molecular formula is C25H27FN4OS. The van der Waals surface area contributed by atoms with Gasteiger partial charge in [0.15, 0.2) is 0 Å². The van der Waals surface area contributed by atoms with Gasteiger partial charge in [-0.15, -0.1) is 0 Å². The summed E-state index contributed by atoms with van der Waals surface area (Å²) in [5.74, 6) is 2.60. The SMILES string of the molecule is Nc1ncc(-c2ccc(C3CCOCC3)c(C3CSCCN3)c2)cc1-c1ccnc(F)c1. The number of ether oxygens (including phenoxy) is 1. The molecule has 7 heteroatoms. The van der Waals surface area contributed by atoms with E-state index >= 15 is 0 Å². The van der Waals surface area contributed by atoms with Gasteiger partial charge in [-0.3, -0.25) is 0 Å². The average Bonchev–Trinajstić information content (AvgIpc) is 2.85. The number of pyridine rings is 2. The van der Waals surface area contributed by atoms with Crippen LogP contribution in [0.2, 0.25) is 0 Å². The molecule has 3 N–H and O–H groups in total. The van der Waals surface area contributed by atoms with E-state index in [-0.39, 0.29) is 0 Å². The first-order chi connectivity index (χ1) is 15.7. The van der Waals surface area contributed by atoms with Crippen molar-refractivity contribution in [2.24, 2.45) is 0 Å². The van der Waals surface area contributed by atoms with Gasteiger partial charge in [0.05, 0.1) is 0 Å². The van der Waals surface area contributed by atoms with Crippen LogP contribution in [0.25, 0.3) is 22.3 Å². The lowest BCUT2D eigenvalue weighted by Gasteiger charge is -2.30. The van der Waals surface area contributed by atoms with Crippen LogP contribution >= 0.6 is 11.8 Å². The molecule has 0 spiro atoms. The first-order valence-electron chi connectivity index (χ1n) is 11.1. The number of hydrogen-bond acceptors (Lipinski definition) is 6. The minimum Gasteiger partial charge on any atom is -0.383 e. The maximum Gasteiger partial charge on any atom is 0.213 e. The van der Waals surface area contributed by atoms with Crippen LogP contribution in [0, 0.1) is 5.95 Å². The Balaban J connectivity index is 1.55. The summed E-state index contributed by atoms with van der Waals surface area (Å²) >= 11 is 2.00. The van der Waals surface area contributed by atoms with Crippen molar-refractivity contribution in [3.05, 3.63) is 65.9 Å². The van der Waals surface area contributed by atoms with E-state index in [4.69, 9.17) is 10.5 Å². The van der Waals surface area contributed by atoms with Crippen LogP contribution in [-0.4, -0.2) is 41.2 Å². The Morgan fingerprint density at radius 2 is 1.88 bits per heavy atom. The van der Waals surface area contributed by atoms with Crippen molar-refractivity contribution in [1.82, 2.24) is 15.3 Å². The molecule has 2 aliphatic heterocycles. The number of benzene rings is 1. The Labute approximate surface area is 192 Å². The van der Waals surface area contributed by atoms with Crippen LogP contribution in [0.1, 0.15) is 35.9 Å². The van der Waals surface area contributed by atoms with Crippen molar-refractivity contribution in [3.8, 4) is 22.3 Å². The molecule has 0 amide bonds. The highest BCUT2D eigenvalue weighted by Gasteiger charge is 2.25. The monoisotopic (exact) mass is 450 g/mol. The third-order valence-electron chi connectivity index (χ3n) is 6.33. The Morgan fingerprint density at radius 1 is 1.00 bits per heavy atom. The van der Waals surface area contributed by atoms with Gasteiger partial charge >= 0.3 is 0 Å². The number of halogens is 1. The molecule has 1 aromatic carbocycles. The summed E-state index contributed by atoms with van der Waals surface area (Å²) in [5.41, 5.74) is 12.4. The average molecular weight is 451 g/mol. The van der Waals surface area contributed by atoms with Gasteiger partial charge in [-0.2, -0.15) is 16.2 Å². The Kier molecular flexibility index (Phi) is 6.39. The minimum atomic E-state index is -0.531. The minimum absolute atomic E-state index is 0.335. The predicted octanol–water partition coefficient (Wildman–Crippen LogP) is 4.80. The molecule has 5 nitrogen and oxygen atoms in total. The molecule has 32 heavy (non-hydrogen) atoms. The zero-order valence-electron chi connectivity index (χ0n) is 17.9. The zero-order chi connectivity index (χ0) is 21.9. The molecule has 2 aromatic heterocycles. The van der Waals surface area contributed by atoms with Gasteiger partial charge in [0.25, 0.3) is 0 Å². The highest BCUT2D eigenvalue weighted by Crippen LogP contribution is 2.37. The number of nitrogens with two attached hydrogens (primary N) is 1. The van der Waals surface area contributed by atoms with Gasteiger partial charge in [0.1, 0.15) is 5.82 Å². The standard InChI is InChI=1S/C25H27FN4OS/c26-24-13-18(3-6-29-24)21-12-19(14-30-25(21)27)17-1-2-20(16-4-8-31-9-5-16)22(11-17)23-15-32-10-7-28-23/h1-3,6,11-14,16,23,28H,4-5,7-10,15H2,(H2,27,30). The fourth-order valence-electron chi connectivity index (χ4n) is 4.64. The van der Waals surface area contributed by atoms with Crippen LogP contribution in [0.15, 0.2) is 48.8 Å². The molecule has 0 aliphatic carbocycles. The summed E-state index contributed by atoms with van der Waals surface area (Å²) in [6.07, 6.45) is 5.37. The summed E-state index contributed by atoms with van der Waals surface area (Å²) in [6.45, 7) is 2.67. The molecule has 0 radical (unpaired) electrons. The quantitative estimate of drug-likeness (QED) is 0.556. The van der Waals surface area contributed by atoms with E-state index in [1.165, 1.54) is 23.4 Å². The van der Waals surface area contributed by atoms with Gasteiger partial charge in [0.2, 0.25) is 5.95 Å². The van der Waals surface area contributed by atoms with E-state index < -0.39 is 5.95 Å². The second-order valence-electron chi connectivity index (χ2n) is 8.34. The number of rotatable bonds is 4. The van der Waals surface area contributed by atoms with Crippen LogP contribution in [-0.2, 0) is 4.74 Å². The second kappa shape index (κ2) is 9.57. The van der Waals surface area contributed by atoms with Crippen LogP contribution in [0.4, 0.5) is 10.2 Å². The second-order valence-corrected chi connectivity index (χ2v) is 9.49. The van der Waals surface area contributed by atoms with Crippen molar-refractivity contribution in [2.75, 3.05) is 37.0 Å². The molecule has 0 bridgehead atoms. The first-order valence-corrected chi connectivity index (χ1v) is 12.2. The summed E-state index contributed by atoms with van der Waals surface area (Å²) in [5, 5.41) is 3.71. The van der Waals surface area contributed by atoms with Crippen LogP contribution in [0.3, 0.4) is 0 Å². The fourth-order valence-corrected chi connectivity index (χ4v) is 5.60. The Bertz CT molecular complexity index is 1100. The van der Waals surface area contributed by atoms with E-state index in [1.54, 1.807) is 12.3 Å². The first kappa shape index (κ1) is 21.4. The third kappa shape index (κ3) is 4.51. The smallest absolute Gasteiger partial charge is 0.213 e. The van der Waals surface area contributed by atoms with Crippen molar-refractivity contribution in [1.29, 1.82) is 0 Å². The van der Waals surface area contributed by atoms with Crippen molar-refractivity contribution in [3.63, 3.8) is 0 Å². The molecule has 2 aliphatic rings. The van der Waals surface area contributed by atoms with Crippen molar-refractivity contribution < 1.29 is 9.13 Å². The topological polar surface area (TPSA) is 73.1 Å². The molecule has 4 heterocycles. The molecule has 1 unspecified atom stereocenters. The molecule has 3 aromatic rings. The fraction of sp³-hybridized carbons (Fsp3) is 0.360. The molecule has 166 valence electrons. The van der Waals surface area contributed by atoms with Crippen LogP contribution < -0.4 is 11.1 Å². The molecule has 0 saturated carbocycles. The number of nitrogens with one attached hydrogen (secondary N) is 1. The Morgan fingerprint density at radius 3 is 2.66 bits per heavy atom. The summed E-state index contributed by atoms with van der Waals surface area (Å²) < 4.78 is 19.3. The maximum atomic E-state index is 13.7. The Hall–Kier alpha value is -2.48. The van der Waals surface area contributed by atoms with E-state index in [0.717, 1.165) is 55.2 Å². The van der Waals surface area contributed by atoms with E-state index in [1.807, 2.05) is 17.8 Å². The van der Waals surface area contributed by atoms with E-state index in [2.05, 4.69) is 33.5 Å². The number of aromatic nitrogens is 2. The number of anilines is 1. The predicted molar refractivity (Wildman–Crippen MR) is 128 cm³/mol. The normalized spacial score (nSPS) is 19.7. The lowest BCUT2D eigenvalue weighted by molar-refractivity contribution is 0.0851. The van der Waals surface area contributed by atoms with Crippen molar-refractivity contribution >= 4 is 17.6 Å². The number of thioether (sulfide) groups is 1. The van der Waals surface area contributed by atoms with E-state index in [0.29, 0.717) is 28.9 Å². The van der Waals surface area contributed by atoms with E-state index in [9.17, 15) is 4.39 Å². The van der Waals surface area contributed by atoms with Crippen LogP contribution in [0.5, 0.6) is 0 Å². The number of nitrogen functional groups attached to an aromatic ring is 1. The summed E-state index contributed by atoms with van der Waals surface area (Å²) in [4.78, 5) is 8.06. The lowest BCUT2D eigenvalue weighted by atomic mass is 9.84. The van der Waals surface area contributed by atoms with Crippen molar-refractivity contribution in [2.45, 2.75) is 24.8 Å². The number of hydrogen-bond donors (Lipinski definition) is 2. The lowest BCUT2D eigenvalue weighted by Crippen LogP contribution is -2.31. The largest absolute Gasteiger partial charge is 0.383 e. The van der Waals surface area contributed by atoms with Gasteiger partial charge in [0, 0.05) is 66.9 Å². The molecular weight excluding hydrogens is 423 g/mol. The summed E-state index contributed by atoms with van der Waals surface area (Å²) in [7, 11) is 0. The van der Waals surface area contributed by atoms with Gasteiger partial charge in [-0.05, 0) is 59.2 Å². The molecule has 2 saturated heterocycles. The molecule has 1 atom stereocenters. The molecule has 2 fully saturated rings.